The average molecular weight is 341 g/mol. The Bertz CT molecular complexity index is 638. The molecule has 1 heterocycles. The van der Waals surface area contributed by atoms with Crippen molar-refractivity contribution in [3.8, 4) is 0 Å². The van der Waals surface area contributed by atoms with Crippen molar-refractivity contribution in [2.24, 2.45) is 16.1 Å². The van der Waals surface area contributed by atoms with Crippen LogP contribution in [-0.4, -0.2) is 23.7 Å². The molecule has 0 spiro atoms. The maximum absolute atomic E-state index is 11.7. The number of amides is 2. The number of hydrogen-bond donors (Lipinski definition) is 2. The maximum atomic E-state index is 11.7. The molecule has 8 heteroatoms. The number of rotatable bonds is 5. The second-order valence-electron chi connectivity index (χ2n) is 4.75. The van der Waals surface area contributed by atoms with Crippen molar-refractivity contribution in [2.45, 2.75) is 19.8 Å². The molecular formula is C14H14Cl2N4O2. The summed E-state index contributed by atoms with van der Waals surface area (Å²) in [6, 6.07) is 5.08. The lowest BCUT2D eigenvalue weighted by Crippen LogP contribution is -2.25. The number of hydrogen-bond acceptors (Lipinski definition) is 4. The van der Waals surface area contributed by atoms with Crippen LogP contribution in [0.25, 0.3) is 0 Å². The van der Waals surface area contributed by atoms with Gasteiger partial charge in [0.25, 0.3) is 0 Å². The molecule has 1 aromatic carbocycles. The monoisotopic (exact) mass is 340 g/mol. The number of hydrazone groups is 2. The molecular weight excluding hydrogens is 327 g/mol. The van der Waals surface area contributed by atoms with E-state index in [1.807, 2.05) is 0 Å². The molecule has 1 aliphatic rings. The highest BCUT2D eigenvalue weighted by atomic mass is 35.5. The number of nitrogens with one attached hydrogen (secondary N) is 2. The number of benzene rings is 1. The molecule has 6 nitrogen and oxygen atoms in total. The van der Waals surface area contributed by atoms with Gasteiger partial charge in [0.1, 0.15) is 0 Å². The van der Waals surface area contributed by atoms with E-state index >= 15 is 0 Å². The third kappa shape index (κ3) is 4.05. The van der Waals surface area contributed by atoms with Crippen LogP contribution >= 0.6 is 23.2 Å². The Kier molecular flexibility index (Phi) is 5.51. The third-order valence-corrected chi connectivity index (χ3v) is 3.87. The van der Waals surface area contributed by atoms with E-state index in [2.05, 4.69) is 21.1 Å². The van der Waals surface area contributed by atoms with E-state index in [1.54, 1.807) is 25.1 Å². The summed E-state index contributed by atoms with van der Waals surface area (Å²) >= 11 is 12.0. The molecule has 0 aromatic heterocycles. The minimum Gasteiger partial charge on any atom is -0.273 e. The standard InChI is InChI=1S/C14H14Cl2N4O2/c1-8-9(14(22)20-18-8)5-6-13(21)19-17-7-10-11(15)3-2-4-12(10)16/h2-4,7,9H,5-6H2,1H3,(H,19,21)(H,20,22)/b17-7-/t9-/m1/s1. The summed E-state index contributed by atoms with van der Waals surface area (Å²) in [6.07, 6.45) is 1.94. The highest BCUT2D eigenvalue weighted by molar-refractivity contribution is 6.38. The van der Waals surface area contributed by atoms with Crippen molar-refractivity contribution in [1.82, 2.24) is 10.9 Å². The van der Waals surface area contributed by atoms with E-state index in [0.29, 0.717) is 27.7 Å². The van der Waals surface area contributed by atoms with Crippen LogP contribution in [0.3, 0.4) is 0 Å². The molecule has 0 bridgehead atoms. The Morgan fingerprint density at radius 2 is 2.14 bits per heavy atom. The third-order valence-electron chi connectivity index (χ3n) is 3.21. The van der Waals surface area contributed by atoms with E-state index in [0.717, 1.165) is 0 Å². The molecule has 2 N–H and O–H groups in total. The molecule has 0 radical (unpaired) electrons. The van der Waals surface area contributed by atoms with Gasteiger partial charge in [-0.25, -0.2) is 10.9 Å². The molecule has 2 rings (SSSR count). The Hall–Kier alpha value is -1.92. The topological polar surface area (TPSA) is 82.9 Å². The van der Waals surface area contributed by atoms with Gasteiger partial charge in [-0.1, -0.05) is 29.3 Å². The van der Waals surface area contributed by atoms with Gasteiger partial charge in [-0.2, -0.15) is 10.2 Å². The van der Waals surface area contributed by atoms with Gasteiger partial charge in [0.05, 0.1) is 22.2 Å². The Balaban J connectivity index is 1.84. The van der Waals surface area contributed by atoms with E-state index in [9.17, 15) is 9.59 Å². The highest BCUT2D eigenvalue weighted by Crippen LogP contribution is 2.22. The second-order valence-corrected chi connectivity index (χ2v) is 5.56. The van der Waals surface area contributed by atoms with Crippen LogP contribution in [0.1, 0.15) is 25.3 Å². The highest BCUT2D eigenvalue weighted by Gasteiger charge is 2.26. The first-order valence-corrected chi connectivity index (χ1v) is 7.34. The van der Waals surface area contributed by atoms with Crippen molar-refractivity contribution in [3.05, 3.63) is 33.8 Å². The van der Waals surface area contributed by atoms with Crippen LogP contribution in [0.15, 0.2) is 28.4 Å². The van der Waals surface area contributed by atoms with Gasteiger partial charge >= 0.3 is 0 Å². The minimum absolute atomic E-state index is 0.165. The molecule has 22 heavy (non-hydrogen) atoms. The van der Waals surface area contributed by atoms with Gasteiger partial charge in [-0.15, -0.1) is 0 Å². The molecule has 2 amide bonds. The summed E-state index contributed by atoms with van der Waals surface area (Å²) in [7, 11) is 0. The van der Waals surface area contributed by atoms with Crippen molar-refractivity contribution >= 4 is 46.9 Å². The first-order chi connectivity index (χ1) is 10.5. The van der Waals surface area contributed by atoms with Gasteiger partial charge in [-0.3, -0.25) is 9.59 Å². The molecule has 0 fully saturated rings. The predicted molar refractivity (Wildman–Crippen MR) is 86.2 cm³/mol. The van der Waals surface area contributed by atoms with E-state index in [1.165, 1.54) is 6.21 Å². The molecule has 116 valence electrons. The SMILES string of the molecule is CC1=NNC(=O)[C@@H]1CCC(=O)N/N=C\c1c(Cl)cccc1Cl. The van der Waals surface area contributed by atoms with Crippen molar-refractivity contribution in [1.29, 1.82) is 0 Å². The summed E-state index contributed by atoms with van der Waals surface area (Å²) in [6.45, 7) is 1.75. The Morgan fingerprint density at radius 1 is 1.45 bits per heavy atom. The Labute approximate surface area is 137 Å². The first-order valence-electron chi connectivity index (χ1n) is 6.59. The summed E-state index contributed by atoms with van der Waals surface area (Å²) in [5.41, 5.74) is 5.98. The number of nitrogens with zero attached hydrogens (tertiary/aromatic N) is 2. The van der Waals surface area contributed by atoms with Crippen LogP contribution < -0.4 is 10.9 Å². The van der Waals surface area contributed by atoms with E-state index < -0.39 is 0 Å². The molecule has 1 aliphatic heterocycles. The summed E-state index contributed by atoms with van der Waals surface area (Å²) < 4.78 is 0. The smallest absolute Gasteiger partial charge is 0.248 e. The zero-order valence-electron chi connectivity index (χ0n) is 11.8. The molecule has 0 saturated heterocycles. The van der Waals surface area contributed by atoms with Crippen LogP contribution in [0.4, 0.5) is 0 Å². The molecule has 1 atom stereocenters. The molecule has 0 aliphatic carbocycles. The van der Waals surface area contributed by atoms with Gasteiger partial charge in [0.15, 0.2) is 0 Å². The fraction of sp³-hybridized carbons (Fsp3) is 0.286. The van der Waals surface area contributed by atoms with Crippen LogP contribution in [-0.2, 0) is 9.59 Å². The maximum Gasteiger partial charge on any atom is 0.248 e. The zero-order valence-corrected chi connectivity index (χ0v) is 13.3. The first kappa shape index (κ1) is 16.5. The van der Waals surface area contributed by atoms with Crippen molar-refractivity contribution < 1.29 is 9.59 Å². The summed E-state index contributed by atoms with van der Waals surface area (Å²) in [4.78, 5) is 23.2. The lowest BCUT2D eigenvalue weighted by atomic mass is 9.99. The zero-order chi connectivity index (χ0) is 16.1. The van der Waals surface area contributed by atoms with Gasteiger partial charge in [0.2, 0.25) is 11.8 Å². The number of carbonyl (C=O) groups excluding carboxylic acids is 2. The average Bonchev–Trinajstić information content (AvgIpc) is 2.79. The fourth-order valence-electron chi connectivity index (χ4n) is 1.96. The normalized spacial score (nSPS) is 17.5. The van der Waals surface area contributed by atoms with Crippen LogP contribution in [0.5, 0.6) is 0 Å². The lowest BCUT2D eigenvalue weighted by molar-refractivity contribution is -0.123. The van der Waals surface area contributed by atoms with Crippen LogP contribution in [0, 0.1) is 5.92 Å². The van der Waals surface area contributed by atoms with Crippen molar-refractivity contribution in [3.63, 3.8) is 0 Å². The molecule has 1 aromatic rings. The quantitative estimate of drug-likeness (QED) is 0.637. The van der Waals surface area contributed by atoms with Crippen molar-refractivity contribution in [2.75, 3.05) is 0 Å². The second kappa shape index (κ2) is 7.38. The van der Waals surface area contributed by atoms with Gasteiger partial charge in [-0.05, 0) is 25.5 Å². The fourth-order valence-corrected chi connectivity index (χ4v) is 2.46. The molecule has 0 saturated carbocycles. The van der Waals surface area contributed by atoms with E-state index in [4.69, 9.17) is 23.2 Å². The lowest BCUT2D eigenvalue weighted by Gasteiger charge is -2.06. The largest absolute Gasteiger partial charge is 0.273 e. The van der Waals surface area contributed by atoms with Gasteiger partial charge < -0.3 is 0 Å². The predicted octanol–water partition coefficient (Wildman–Crippen LogP) is 2.35. The molecule has 0 unspecified atom stereocenters. The van der Waals surface area contributed by atoms with Gasteiger partial charge in [0, 0.05) is 17.7 Å². The number of halogens is 2. The summed E-state index contributed by atoms with van der Waals surface area (Å²) in [5.74, 6) is -0.837. The van der Waals surface area contributed by atoms with E-state index in [-0.39, 0.29) is 24.2 Å². The minimum atomic E-state index is -0.354. The number of carbonyl (C=O) groups is 2. The summed E-state index contributed by atoms with van der Waals surface area (Å²) in [5, 5.41) is 8.54. The van der Waals surface area contributed by atoms with Crippen LogP contribution in [0.2, 0.25) is 10.0 Å². The Morgan fingerprint density at radius 3 is 2.73 bits per heavy atom.